The van der Waals surface area contributed by atoms with Crippen molar-refractivity contribution in [1.29, 1.82) is 5.41 Å². The topological polar surface area (TPSA) is 93.4 Å². The van der Waals surface area contributed by atoms with Crippen LogP contribution in [-0.2, 0) is 6.54 Å². The number of nitrogens with one attached hydrogen (secondary N) is 3. The van der Waals surface area contributed by atoms with Crippen LogP contribution in [0.5, 0.6) is 17.2 Å². The van der Waals surface area contributed by atoms with Crippen LogP contribution in [0.1, 0.15) is 12.1 Å². The smallest absolute Gasteiger partial charge is 0.203 e. The van der Waals surface area contributed by atoms with Crippen LogP contribution >= 0.6 is 0 Å². The Labute approximate surface area is 147 Å². The minimum Gasteiger partial charge on any atom is -0.493 e. The van der Waals surface area contributed by atoms with Gasteiger partial charge in [0, 0.05) is 37.1 Å². The minimum absolute atomic E-state index is 0.205. The molecule has 0 atom stereocenters. The number of ether oxygens (including phenoxy) is 3. The predicted octanol–water partition coefficient (Wildman–Crippen LogP) is 2.24. The van der Waals surface area contributed by atoms with Crippen molar-refractivity contribution in [2.75, 3.05) is 33.2 Å². The van der Waals surface area contributed by atoms with E-state index in [0.29, 0.717) is 29.5 Å². The molecule has 0 saturated carbocycles. The first-order chi connectivity index (χ1) is 12.1. The van der Waals surface area contributed by atoms with Crippen LogP contribution in [0.15, 0.2) is 24.7 Å². The quantitative estimate of drug-likeness (QED) is 0.385. The third kappa shape index (κ3) is 5.03. The Morgan fingerprint density at radius 1 is 1.16 bits per heavy atom. The summed E-state index contributed by atoms with van der Waals surface area (Å²) in [4.78, 5) is 4.19. The molecule has 0 radical (unpaired) electrons. The fourth-order valence-electron chi connectivity index (χ4n) is 2.41. The third-order valence-corrected chi connectivity index (χ3v) is 3.59. The molecule has 0 unspecified atom stereocenters. The molecule has 1 aromatic carbocycles. The Morgan fingerprint density at radius 3 is 2.36 bits per heavy atom. The summed E-state index contributed by atoms with van der Waals surface area (Å²) in [7, 11) is 4.67. The van der Waals surface area contributed by atoms with Crippen LogP contribution in [0.2, 0.25) is 0 Å². The maximum absolute atomic E-state index is 8.01. The van der Waals surface area contributed by atoms with Crippen LogP contribution in [0.3, 0.4) is 0 Å². The second kappa shape index (κ2) is 8.81. The summed E-state index contributed by atoms with van der Waals surface area (Å²) in [6.45, 7) is 3.49. The Kier molecular flexibility index (Phi) is 6.50. The summed E-state index contributed by atoms with van der Waals surface area (Å²) in [5, 5.41) is 14.0. The van der Waals surface area contributed by atoms with Gasteiger partial charge in [-0.15, -0.1) is 0 Å². The molecule has 0 fully saturated rings. The van der Waals surface area contributed by atoms with Crippen LogP contribution in [-0.4, -0.2) is 43.4 Å². The van der Waals surface area contributed by atoms with Gasteiger partial charge in [-0.05, 0) is 13.3 Å². The number of benzene rings is 1. The van der Waals surface area contributed by atoms with Gasteiger partial charge in [0.1, 0.15) is 0 Å². The molecule has 0 aliphatic rings. The van der Waals surface area contributed by atoms with E-state index in [1.165, 1.54) is 0 Å². The van der Waals surface area contributed by atoms with Crippen molar-refractivity contribution in [2.24, 2.45) is 0 Å². The third-order valence-electron chi connectivity index (χ3n) is 3.59. The molecule has 1 aromatic heterocycles. The summed E-state index contributed by atoms with van der Waals surface area (Å²) in [6, 6.07) is 3.51. The van der Waals surface area contributed by atoms with Crippen molar-refractivity contribution < 1.29 is 14.2 Å². The Bertz CT molecular complexity index is 689. The maximum Gasteiger partial charge on any atom is 0.203 e. The van der Waals surface area contributed by atoms with Gasteiger partial charge in [0.25, 0.3) is 0 Å². The molecule has 0 aliphatic carbocycles. The van der Waals surface area contributed by atoms with Crippen molar-refractivity contribution in [3.8, 4) is 17.2 Å². The van der Waals surface area contributed by atoms with Gasteiger partial charge in [-0.1, -0.05) is 0 Å². The molecular weight excluding hydrogens is 322 g/mol. The lowest BCUT2D eigenvalue weighted by Gasteiger charge is -2.16. The molecule has 8 heteroatoms. The molecule has 8 nitrogen and oxygen atoms in total. The molecule has 3 N–H and O–H groups in total. The zero-order valence-electron chi connectivity index (χ0n) is 15.0. The molecule has 2 aromatic rings. The number of imidazole rings is 1. The molecule has 2 rings (SSSR count). The van der Waals surface area contributed by atoms with Crippen LogP contribution < -0.4 is 24.8 Å². The normalized spacial score (nSPS) is 10.2. The summed E-state index contributed by atoms with van der Waals surface area (Å²) in [5.74, 6) is 1.79. The van der Waals surface area contributed by atoms with Gasteiger partial charge >= 0.3 is 0 Å². The van der Waals surface area contributed by atoms with Gasteiger partial charge < -0.3 is 29.4 Å². The molecule has 0 aliphatic heterocycles. The van der Waals surface area contributed by atoms with Gasteiger partial charge in [-0.25, -0.2) is 4.98 Å². The molecule has 25 heavy (non-hydrogen) atoms. The maximum atomic E-state index is 8.01. The molecule has 0 bridgehead atoms. The number of guanidine groups is 1. The van der Waals surface area contributed by atoms with E-state index in [2.05, 4.69) is 15.6 Å². The van der Waals surface area contributed by atoms with Crippen LogP contribution in [0.25, 0.3) is 0 Å². The number of hydrogen-bond donors (Lipinski definition) is 3. The lowest BCUT2D eigenvalue weighted by Crippen LogP contribution is -2.30. The lowest BCUT2D eigenvalue weighted by molar-refractivity contribution is 0.324. The standard InChI is InChI=1S/C17H25N5O3/c1-12-10-22(11-20-12)7-5-6-19-17(18)21-13-8-14(23-2)16(25-4)15(9-13)24-3/h8-11H,5-7H2,1-4H3,(H3,18,19,21). The van der Waals surface area contributed by atoms with Crippen molar-refractivity contribution in [3.05, 3.63) is 30.4 Å². The molecular formula is C17H25N5O3. The lowest BCUT2D eigenvalue weighted by atomic mass is 10.2. The van der Waals surface area contributed by atoms with Gasteiger partial charge in [-0.3, -0.25) is 5.41 Å². The van der Waals surface area contributed by atoms with E-state index in [-0.39, 0.29) is 5.96 Å². The van der Waals surface area contributed by atoms with Gasteiger partial charge in [0.2, 0.25) is 5.75 Å². The van der Waals surface area contributed by atoms with Gasteiger partial charge in [-0.2, -0.15) is 0 Å². The Hall–Kier alpha value is -2.90. The van der Waals surface area contributed by atoms with Crippen LogP contribution in [0.4, 0.5) is 5.69 Å². The van der Waals surface area contributed by atoms with Gasteiger partial charge in [0.15, 0.2) is 17.5 Å². The largest absolute Gasteiger partial charge is 0.493 e. The number of aromatic nitrogens is 2. The highest BCUT2D eigenvalue weighted by atomic mass is 16.5. The highest BCUT2D eigenvalue weighted by molar-refractivity contribution is 5.91. The summed E-state index contributed by atoms with van der Waals surface area (Å²) >= 11 is 0. The molecule has 0 saturated heterocycles. The van der Waals surface area contributed by atoms with E-state index in [4.69, 9.17) is 19.6 Å². The Morgan fingerprint density at radius 2 is 1.84 bits per heavy atom. The number of methoxy groups -OCH3 is 3. The van der Waals surface area contributed by atoms with Crippen molar-refractivity contribution in [3.63, 3.8) is 0 Å². The molecule has 0 spiro atoms. The number of aryl methyl sites for hydroxylation is 2. The number of anilines is 1. The molecule has 0 amide bonds. The second-order valence-corrected chi connectivity index (χ2v) is 5.45. The van der Waals surface area contributed by atoms with E-state index in [0.717, 1.165) is 18.7 Å². The fourth-order valence-corrected chi connectivity index (χ4v) is 2.41. The number of rotatable bonds is 8. The van der Waals surface area contributed by atoms with E-state index in [1.54, 1.807) is 33.5 Å². The van der Waals surface area contributed by atoms with Crippen molar-refractivity contribution >= 4 is 11.6 Å². The first-order valence-electron chi connectivity index (χ1n) is 7.95. The SMILES string of the molecule is COc1cc(NC(=N)NCCCn2cnc(C)c2)cc(OC)c1OC. The average Bonchev–Trinajstić information content (AvgIpc) is 3.03. The highest BCUT2D eigenvalue weighted by Crippen LogP contribution is 2.39. The Balaban J connectivity index is 1.87. The first kappa shape index (κ1) is 18.4. The van der Waals surface area contributed by atoms with E-state index in [9.17, 15) is 0 Å². The molecule has 136 valence electrons. The fraction of sp³-hybridized carbons (Fsp3) is 0.412. The average molecular weight is 347 g/mol. The monoisotopic (exact) mass is 347 g/mol. The van der Waals surface area contributed by atoms with Crippen molar-refractivity contribution in [1.82, 2.24) is 14.9 Å². The van der Waals surface area contributed by atoms with Crippen LogP contribution in [0, 0.1) is 12.3 Å². The van der Waals surface area contributed by atoms with Crippen molar-refractivity contribution in [2.45, 2.75) is 19.9 Å². The highest BCUT2D eigenvalue weighted by Gasteiger charge is 2.13. The minimum atomic E-state index is 0.205. The number of hydrogen-bond acceptors (Lipinski definition) is 5. The second-order valence-electron chi connectivity index (χ2n) is 5.45. The summed E-state index contributed by atoms with van der Waals surface area (Å²) < 4.78 is 17.9. The summed E-state index contributed by atoms with van der Waals surface area (Å²) in [6.07, 6.45) is 4.70. The predicted molar refractivity (Wildman–Crippen MR) is 97.0 cm³/mol. The number of nitrogens with zero attached hydrogens (tertiary/aromatic N) is 2. The van der Waals surface area contributed by atoms with E-state index < -0.39 is 0 Å². The van der Waals surface area contributed by atoms with E-state index in [1.807, 2.05) is 24.0 Å². The summed E-state index contributed by atoms with van der Waals surface area (Å²) in [5.41, 5.74) is 1.68. The van der Waals surface area contributed by atoms with Gasteiger partial charge in [0.05, 0.1) is 33.4 Å². The van der Waals surface area contributed by atoms with E-state index >= 15 is 0 Å². The molecule has 1 heterocycles. The zero-order valence-corrected chi connectivity index (χ0v) is 15.0. The first-order valence-corrected chi connectivity index (χ1v) is 7.95. The zero-order chi connectivity index (χ0) is 18.2.